The van der Waals surface area contributed by atoms with Crippen LogP contribution in [-0.2, 0) is 9.53 Å². The summed E-state index contributed by atoms with van der Waals surface area (Å²) in [6, 6.07) is 0. The third kappa shape index (κ3) is 7.78. The van der Waals surface area contributed by atoms with Crippen LogP contribution < -0.4 is 0 Å². The van der Waals surface area contributed by atoms with Crippen LogP contribution in [0.3, 0.4) is 0 Å². The number of carbonyl (C=O) groups is 1. The van der Waals surface area contributed by atoms with Crippen molar-refractivity contribution in [2.45, 2.75) is 45.6 Å². The van der Waals surface area contributed by atoms with Gasteiger partial charge in [0.15, 0.2) is 0 Å². The first-order chi connectivity index (χ1) is 6.20. The molecule has 0 heterocycles. The van der Waals surface area contributed by atoms with Crippen molar-refractivity contribution in [1.82, 2.24) is 0 Å². The van der Waals surface area contributed by atoms with E-state index in [4.69, 9.17) is 5.11 Å². The molecule has 1 aliphatic carbocycles. The Morgan fingerprint density at radius 3 is 2.15 bits per heavy atom. The summed E-state index contributed by atoms with van der Waals surface area (Å²) in [4.78, 5) is 9.18. The lowest BCUT2D eigenvalue weighted by Gasteiger charge is -2.21. The molecule has 0 aliphatic heterocycles. The van der Waals surface area contributed by atoms with E-state index in [1.807, 2.05) is 0 Å². The molecular formula is C10H20O3. The highest BCUT2D eigenvalue weighted by atomic mass is 16.5. The van der Waals surface area contributed by atoms with Gasteiger partial charge in [0, 0.05) is 0 Å². The lowest BCUT2D eigenvalue weighted by atomic mass is 9.89. The van der Waals surface area contributed by atoms with Crippen LogP contribution in [0.4, 0.5) is 0 Å². The lowest BCUT2D eigenvalue weighted by Crippen LogP contribution is -2.15. The number of aliphatic hydroxyl groups is 1. The first-order valence-corrected chi connectivity index (χ1v) is 4.94. The maximum absolute atomic E-state index is 9.18. The van der Waals surface area contributed by atoms with Crippen LogP contribution in [0, 0.1) is 5.92 Å². The average molecular weight is 188 g/mol. The largest absolute Gasteiger partial charge is 0.468 e. The molecule has 0 radical (unpaired) electrons. The third-order valence-corrected chi connectivity index (χ3v) is 2.22. The summed E-state index contributed by atoms with van der Waals surface area (Å²) >= 11 is 0. The molecule has 1 aliphatic rings. The molecular weight excluding hydrogens is 168 g/mol. The van der Waals surface area contributed by atoms with E-state index in [9.17, 15) is 4.79 Å². The Hall–Kier alpha value is -0.570. The van der Waals surface area contributed by atoms with E-state index in [1.165, 1.54) is 12.8 Å². The fraction of sp³-hybridized carbons (Fsp3) is 0.900. The van der Waals surface area contributed by atoms with E-state index in [0.717, 1.165) is 18.8 Å². The maximum Gasteiger partial charge on any atom is 0.293 e. The Labute approximate surface area is 80.1 Å². The van der Waals surface area contributed by atoms with Crippen molar-refractivity contribution in [2.24, 2.45) is 5.92 Å². The van der Waals surface area contributed by atoms with Crippen LogP contribution in [0.5, 0.6) is 0 Å². The van der Waals surface area contributed by atoms with Crippen LogP contribution >= 0.6 is 0 Å². The summed E-state index contributed by atoms with van der Waals surface area (Å²) in [5, 5.41) is 9.03. The van der Waals surface area contributed by atoms with E-state index < -0.39 is 0 Å². The number of hydrogen-bond donors (Lipinski definition) is 1. The second-order valence-electron chi connectivity index (χ2n) is 3.47. The molecule has 1 fully saturated rings. The van der Waals surface area contributed by atoms with Crippen LogP contribution in [0.25, 0.3) is 0 Å². The number of carbonyl (C=O) groups excluding carboxylic acids is 1. The number of hydrogen-bond acceptors (Lipinski definition) is 3. The zero-order valence-electron chi connectivity index (χ0n) is 8.53. The normalized spacial score (nSPS) is 27.0. The molecule has 13 heavy (non-hydrogen) atoms. The number of ether oxygens (including phenoxy) is 1. The Balaban J connectivity index is 0.000000252. The first-order valence-electron chi connectivity index (χ1n) is 4.94. The fourth-order valence-electron chi connectivity index (χ4n) is 1.31. The summed E-state index contributed by atoms with van der Waals surface area (Å²) in [7, 11) is 0. The molecule has 0 saturated heterocycles. The minimum Gasteiger partial charge on any atom is -0.468 e. The number of aliphatic hydroxyl groups excluding tert-OH is 1. The monoisotopic (exact) mass is 188 g/mol. The SMILES string of the molecule is CC1CCC(O)CC1.CCOC=O. The molecule has 1 rings (SSSR count). The van der Waals surface area contributed by atoms with Gasteiger partial charge in [-0.2, -0.15) is 0 Å². The van der Waals surface area contributed by atoms with Crippen molar-refractivity contribution < 1.29 is 14.6 Å². The smallest absolute Gasteiger partial charge is 0.293 e. The molecule has 0 aromatic rings. The molecule has 0 bridgehead atoms. The molecule has 0 amide bonds. The summed E-state index contributed by atoms with van der Waals surface area (Å²) in [6.07, 6.45) is 4.52. The average Bonchev–Trinajstić information content (AvgIpc) is 2.13. The van der Waals surface area contributed by atoms with Crippen molar-refractivity contribution in [3.63, 3.8) is 0 Å². The van der Waals surface area contributed by atoms with Gasteiger partial charge in [0.2, 0.25) is 0 Å². The highest BCUT2D eigenvalue weighted by Gasteiger charge is 2.14. The van der Waals surface area contributed by atoms with Crippen LogP contribution in [0.1, 0.15) is 39.5 Å². The molecule has 0 atom stereocenters. The summed E-state index contributed by atoms with van der Waals surface area (Å²) < 4.78 is 4.15. The van der Waals surface area contributed by atoms with E-state index in [2.05, 4.69) is 11.7 Å². The zero-order valence-corrected chi connectivity index (χ0v) is 8.53. The Morgan fingerprint density at radius 1 is 1.38 bits per heavy atom. The van der Waals surface area contributed by atoms with Gasteiger partial charge in [0.05, 0.1) is 12.7 Å². The Morgan fingerprint density at radius 2 is 1.92 bits per heavy atom. The second kappa shape index (κ2) is 8.05. The standard InChI is InChI=1S/C7H14O.C3H6O2/c1-6-2-4-7(8)5-3-6;1-2-5-3-4/h6-8H,2-5H2,1H3;3H,2H2,1H3. The highest BCUT2D eigenvalue weighted by molar-refractivity contribution is 5.36. The zero-order chi connectivity index (χ0) is 10.1. The van der Waals surface area contributed by atoms with E-state index in [0.29, 0.717) is 13.1 Å². The molecule has 3 heteroatoms. The number of rotatable bonds is 2. The van der Waals surface area contributed by atoms with E-state index in [1.54, 1.807) is 6.92 Å². The minimum atomic E-state index is 0.0196. The Kier molecular flexibility index (Phi) is 7.69. The molecule has 0 aromatic heterocycles. The predicted molar refractivity (Wildman–Crippen MR) is 51.3 cm³/mol. The molecule has 78 valence electrons. The van der Waals surface area contributed by atoms with E-state index >= 15 is 0 Å². The van der Waals surface area contributed by atoms with Crippen molar-refractivity contribution >= 4 is 6.47 Å². The van der Waals surface area contributed by atoms with Crippen molar-refractivity contribution in [3.05, 3.63) is 0 Å². The van der Waals surface area contributed by atoms with Gasteiger partial charge < -0.3 is 9.84 Å². The molecule has 0 unspecified atom stereocenters. The van der Waals surface area contributed by atoms with Gasteiger partial charge in [-0.1, -0.05) is 6.92 Å². The predicted octanol–water partition coefficient (Wildman–Crippen LogP) is 1.74. The molecule has 1 N–H and O–H groups in total. The molecule has 0 aromatic carbocycles. The van der Waals surface area contributed by atoms with Gasteiger partial charge in [-0.05, 0) is 38.5 Å². The Bertz CT molecular complexity index is 107. The summed E-state index contributed by atoms with van der Waals surface area (Å²) in [5.41, 5.74) is 0. The van der Waals surface area contributed by atoms with Crippen molar-refractivity contribution in [1.29, 1.82) is 0 Å². The minimum absolute atomic E-state index is 0.0196. The van der Waals surface area contributed by atoms with Crippen LogP contribution in [0.2, 0.25) is 0 Å². The van der Waals surface area contributed by atoms with Crippen molar-refractivity contribution in [2.75, 3.05) is 6.61 Å². The van der Waals surface area contributed by atoms with Crippen molar-refractivity contribution in [3.8, 4) is 0 Å². The first kappa shape index (κ1) is 12.4. The highest BCUT2D eigenvalue weighted by Crippen LogP contribution is 2.22. The van der Waals surface area contributed by atoms with Gasteiger partial charge in [0.25, 0.3) is 6.47 Å². The summed E-state index contributed by atoms with van der Waals surface area (Å²) in [5.74, 6) is 0.860. The topological polar surface area (TPSA) is 46.5 Å². The van der Waals surface area contributed by atoms with Gasteiger partial charge >= 0.3 is 0 Å². The van der Waals surface area contributed by atoms with Crippen LogP contribution in [0.15, 0.2) is 0 Å². The second-order valence-corrected chi connectivity index (χ2v) is 3.47. The van der Waals surface area contributed by atoms with Gasteiger partial charge in [-0.3, -0.25) is 4.79 Å². The van der Waals surface area contributed by atoms with Gasteiger partial charge in [-0.25, -0.2) is 0 Å². The molecule has 0 spiro atoms. The van der Waals surface area contributed by atoms with E-state index in [-0.39, 0.29) is 6.10 Å². The van der Waals surface area contributed by atoms with Crippen LogP contribution in [-0.4, -0.2) is 24.3 Å². The summed E-state index contributed by atoms with van der Waals surface area (Å²) in [6.45, 7) is 4.92. The lowest BCUT2D eigenvalue weighted by molar-refractivity contribution is -0.128. The molecule has 1 saturated carbocycles. The maximum atomic E-state index is 9.18. The van der Waals surface area contributed by atoms with Gasteiger partial charge in [-0.15, -0.1) is 0 Å². The quantitative estimate of drug-likeness (QED) is 0.671. The third-order valence-electron chi connectivity index (χ3n) is 2.22. The van der Waals surface area contributed by atoms with Gasteiger partial charge in [0.1, 0.15) is 0 Å². The molecule has 3 nitrogen and oxygen atoms in total. The fourth-order valence-corrected chi connectivity index (χ4v) is 1.31.